The summed E-state index contributed by atoms with van der Waals surface area (Å²) in [4.78, 5) is 15.9. The predicted molar refractivity (Wildman–Crippen MR) is 83.6 cm³/mol. The second-order valence-electron chi connectivity index (χ2n) is 6.34. The van der Waals surface area contributed by atoms with Crippen molar-refractivity contribution in [1.29, 1.82) is 0 Å². The minimum absolute atomic E-state index is 0.198. The zero-order chi connectivity index (χ0) is 14.8. The first-order chi connectivity index (χ1) is 10.1. The largest absolute Gasteiger partial charge is 0.481 e. The molecule has 0 spiro atoms. The van der Waals surface area contributed by atoms with Gasteiger partial charge in [-0.05, 0) is 38.3 Å². The number of likely N-dealkylation sites (tertiary alicyclic amines) is 1. The molecular weight excluding hydrogens is 264 g/mol. The fourth-order valence-electron chi connectivity index (χ4n) is 3.53. The van der Waals surface area contributed by atoms with Crippen LogP contribution in [0.4, 0.5) is 5.69 Å². The van der Waals surface area contributed by atoms with E-state index in [9.17, 15) is 4.79 Å². The molecule has 0 bridgehead atoms. The molecule has 4 heteroatoms. The van der Waals surface area contributed by atoms with Gasteiger partial charge in [-0.3, -0.25) is 9.69 Å². The van der Waals surface area contributed by atoms with Crippen molar-refractivity contribution in [3.63, 3.8) is 0 Å². The lowest BCUT2D eigenvalue weighted by Gasteiger charge is -2.31. The van der Waals surface area contributed by atoms with Gasteiger partial charge in [0.25, 0.3) is 0 Å². The van der Waals surface area contributed by atoms with Crippen LogP contribution in [0.1, 0.15) is 32.6 Å². The standard InChI is InChI=1S/C17H24N2O2/c1-13-11-16(12-19(13)15-7-8-15)18(10-9-17(20)21)14-5-3-2-4-6-14/h2-6,13,15-16H,7-12H2,1H3,(H,20,21). The van der Waals surface area contributed by atoms with Gasteiger partial charge in [0.05, 0.1) is 6.42 Å². The lowest BCUT2D eigenvalue weighted by atomic mass is 10.1. The smallest absolute Gasteiger partial charge is 0.305 e. The Morgan fingerprint density at radius 2 is 2.05 bits per heavy atom. The third-order valence-corrected chi connectivity index (χ3v) is 4.71. The van der Waals surface area contributed by atoms with Gasteiger partial charge in [0, 0.05) is 36.9 Å². The number of carboxylic acid groups (broad SMARTS) is 1. The SMILES string of the molecule is CC1CC(N(CCC(=O)O)c2ccccc2)CN1C1CC1. The van der Waals surface area contributed by atoms with Crippen molar-refractivity contribution in [2.24, 2.45) is 0 Å². The molecular formula is C17H24N2O2. The van der Waals surface area contributed by atoms with E-state index in [0.29, 0.717) is 18.6 Å². The topological polar surface area (TPSA) is 43.8 Å². The zero-order valence-corrected chi connectivity index (χ0v) is 12.6. The molecule has 2 aliphatic rings. The summed E-state index contributed by atoms with van der Waals surface area (Å²) in [5.41, 5.74) is 1.15. The van der Waals surface area contributed by atoms with Gasteiger partial charge in [-0.1, -0.05) is 18.2 Å². The molecule has 1 N–H and O–H groups in total. The molecule has 21 heavy (non-hydrogen) atoms. The van der Waals surface area contributed by atoms with Gasteiger partial charge >= 0.3 is 5.97 Å². The first-order valence-electron chi connectivity index (χ1n) is 7.94. The number of rotatable bonds is 6. The summed E-state index contributed by atoms with van der Waals surface area (Å²) in [6.07, 6.45) is 3.99. The number of aliphatic carboxylic acids is 1. The van der Waals surface area contributed by atoms with E-state index >= 15 is 0 Å². The highest BCUT2D eigenvalue weighted by Gasteiger charge is 2.40. The maximum Gasteiger partial charge on any atom is 0.305 e. The molecule has 2 fully saturated rings. The van der Waals surface area contributed by atoms with Gasteiger partial charge in [0.1, 0.15) is 0 Å². The van der Waals surface area contributed by atoms with E-state index in [4.69, 9.17) is 5.11 Å². The van der Waals surface area contributed by atoms with Crippen molar-refractivity contribution in [2.45, 2.75) is 50.7 Å². The molecule has 4 nitrogen and oxygen atoms in total. The third-order valence-electron chi connectivity index (χ3n) is 4.71. The van der Waals surface area contributed by atoms with Gasteiger partial charge in [0.15, 0.2) is 0 Å². The van der Waals surface area contributed by atoms with Crippen molar-refractivity contribution in [3.8, 4) is 0 Å². The number of anilines is 1. The van der Waals surface area contributed by atoms with Crippen LogP contribution >= 0.6 is 0 Å². The van der Waals surface area contributed by atoms with Gasteiger partial charge in [-0.2, -0.15) is 0 Å². The average molecular weight is 288 g/mol. The van der Waals surface area contributed by atoms with E-state index in [1.54, 1.807) is 0 Å². The lowest BCUT2D eigenvalue weighted by molar-refractivity contribution is -0.136. The molecule has 1 aromatic rings. The van der Waals surface area contributed by atoms with E-state index in [-0.39, 0.29) is 6.42 Å². The molecule has 1 saturated carbocycles. The van der Waals surface area contributed by atoms with Crippen LogP contribution in [0.3, 0.4) is 0 Å². The lowest BCUT2D eigenvalue weighted by Crippen LogP contribution is -2.39. The van der Waals surface area contributed by atoms with Crippen LogP contribution in [0.2, 0.25) is 0 Å². The molecule has 2 atom stereocenters. The van der Waals surface area contributed by atoms with E-state index in [1.807, 2.05) is 18.2 Å². The molecule has 114 valence electrons. The Balaban J connectivity index is 1.73. The summed E-state index contributed by atoms with van der Waals surface area (Å²) in [6.45, 7) is 3.97. The molecule has 0 aromatic heterocycles. The summed E-state index contributed by atoms with van der Waals surface area (Å²) >= 11 is 0. The maximum atomic E-state index is 11.0. The van der Waals surface area contributed by atoms with Crippen LogP contribution < -0.4 is 4.90 Å². The van der Waals surface area contributed by atoms with E-state index < -0.39 is 5.97 Å². The highest BCUT2D eigenvalue weighted by Crippen LogP contribution is 2.35. The van der Waals surface area contributed by atoms with Gasteiger partial charge in [-0.15, -0.1) is 0 Å². The minimum Gasteiger partial charge on any atom is -0.481 e. The average Bonchev–Trinajstić information content (AvgIpc) is 3.24. The molecule has 1 saturated heterocycles. The maximum absolute atomic E-state index is 11.0. The Kier molecular flexibility index (Phi) is 4.15. The van der Waals surface area contributed by atoms with Crippen LogP contribution in [0.25, 0.3) is 0 Å². The summed E-state index contributed by atoms with van der Waals surface area (Å²) in [6, 6.07) is 12.1. The first kappa shape index (κ1) is 14.4. The molecule has 2 unspecified atom stereocenters. The number of carboxylic acids is 1. The third kappa shape index (κ3) is 3.38. The number of hydrogen-bond acceptors (Lipinski definition) is 3. The number of benzene rings is 1. The molecule has 0 amide bonds. The molecule has 1 aliphatic heterocycles. The van der Waals surface area contributed by atoms with Crippen molar-refractivity contribution in [3.05, 3.63) is 30.3 Å². The second kappa shape index (κ2) is 6.06. The van der Waals surface area contributed by atoms with E-state index in [2.05, 4.69) is 28.9 Å². The molecule has 3 rings (SSSR count). The Morgan fingerprint density at radius 3 is 2.67 bits per heavy atom. The molecule has 1 heterocycles. The van der Waals surface area contributed by atoms with Crippen LogP contribution in [-0.2, 0) is 4.79 Å². The van der Waals surface area contributed by atoms with Gasteiger partial charge in [-0.25, -0.2) is 0 Å². The number of hydrogen-bond donors (Lipinski definition) is 1. The normalized spacial score (nSPS) is 26.0. The minimum atomic E-state index is -0.721. The molecule has 1 aromatic carbocycles. The van der Waals surface area contributed by atoms with Crippen molar-refractivity contribution in [1.82, 2.24) is 4.90 Å². The highest BCUT2D eigenvalue weighted by atomic mass is 16.4. The fraction of sp³-hybridized carbons (Fsp3) is 0.588. The van der Waals surface area contributed by atoms with Crippen LogP contribution in [0, 0.1) is 0 Å². The monoisotopic (exact) mass is 288 g/mol. The summed E-state index contributed by atoms with van der Waals surface area (Å²) < 4.78 is 0. The Morgan fingerprint density at radius 1 is 1.33 bits per heavy atom. The Hall–Kier alpha value is -1.55. The summed E-state index contributed by atoms with van der Waals surface area (Å²) in [5, 5.41) is 9.02. The van der Waals surface area contributed by atoms with Crippen LogP contribution in [0.5, 0.6) is 0 Å². The summed E-state index contributed by atoms with van der Waals surface area (Å²) in [5.74, 6) is -0.721. The number of para-hydroxylation sites is 1. The quantitative estimate of drug-likeness (QED) is 0.874. The Bertz CT molecular complexity index is 487. The molecule has 1 aliphatic carbocycles. The Labute approximate surface area is 126 Å². The highest BCUT2D eigenvalue weighted by molar-refractivity contribution is 5.67. The van der Waals surface area contributed by atoms with Gasteiger partial charge in [0.2, 0.25) is 0 Å². The van der Waals surface area contributed by atoms with Crippen molar-refractivity contribution in [2.75, 3.05) is 18.0 Å². The predicted octanol–water partition coefficient (Wildman–Crippen LogP) is 2.59. The second-order valence-corrected chi connectivity index (χ2v) is 6.34. The molecule has 0 radical (unpaired) electrons. The van der Waals surface area contributed by atoms with Crippen LogP contribution in [0.15, 0.2) is 30.3 Å². The van der Waals surface area contributed by atoms with E-state index in [0.717, 1.165) is 24.7 Å². The number of carbonyl (C=O) groups is 1. The summed E-state index contributed by atoms with van der Waals surface area (Å²) in [7, 11) is 0. The van der Waals surface area contributed by atoms with Gasteiger partial charge < -0.3 is 10.0 Å². The first-order valence-corrected chi connectivity index (χ1v) is 7.94. The van der Waals surface area contributed by atoms with Crippen molar-refractivity contribution < 1.29 is 9.90 Å². The van der Waals surface area contributed by atoms with Crippen LogP contribution in [-0.4, -0.2) is 47.2 Å². The van der Waals surface area contributed by atoms with E-state index in [1.165, 1.54) is 12.8 Å². The van der Waals surface area contributed by atoms with Crippen molar-refractivity contribution >= 4 is 11.7 Å². The fourth-order valence-corrected chi connectivity index (χ4v) is 3.53. The number of nitrogens with zero attached hydrogens (tertiary/aromatic N) is 2. The zero-order valence-electron chi connectivity index (χ0n) is 12.6.